The molecule has 0 aromatic heterocycles. The number of carbonyl (C=O) groups excluding carboxylic acids is 1. The van der Waals surface area contributed by atoms with E-state index in [9.17, 15) is 13.2 Å². The second-order valence-corrected chi connectivity index (χ2v) is 9.35. The van der Waals surface area contributed by atoms with E-state index in [1.807, 2.05) is 0 Å². The van der Waals surface area contributed by atoms with E-state index in [2.05, 4.69) is 36.9 Å². The molecule has 0 unspecified atom stereocenters. The van der Waals surface area contributed by atoms with E-state index in [-0.39, 0.29) is 18.1 Å². The van der Waals surface area contributed by atoms with Crippen molar-refractivity contribution in [1.82, 2.24) is 9.21 Å². The van der Waals surface area contributed by atoms with Crippen molar-refractivity contribution in [2.24, 2.45) is 0 Å². The Bertz CT molecular complexity index is 749. The molecule has 0 bridgehead atoms. The van der Waals surface area contributed by atoms with E-state index in [1.165, 1.54) is 21.1 Å². The highest BCUT2D eigenvalue weighted by molar-refractivity contribution is 7.89. The number of amides is 1. The molecule has 0 radical (unpaired) electrons. The van der Waals surface area contributed by atoms with E-state index < -0.39 is 10.0 Å². The fourth-order valence-corrected chi connectivity index (χ4v) is 5.25. The summed E-state index contributed by atoms with van der Waals surface area (Å²) < 4.78 is 26.1. The molecule has 0 aliphatic carbocycles. The summed E-state index contributed by atoms with van der Waals surface area (Å²) in [5.41, 5.74) is 3.78. The lowest BCUT2D eigenvalue weighted by Crippen LogP contribution is -2.49. The van der Waals surface area contributed by atoms with Crippen molar-refractivity contribution in [3.05, 3.63) is 29.3 Å². The molecule has 1 aromatic carbocycles. The van der Waals surface area contributed by atoms with Gasteiger partial charge in [0.15, 0.2) is 0 Å². The van der Waals surface area contributed by atoms with Crippen molar-refractivity contribution >= 4 is 21.6 Å². The largest absolute Gasteiger partial charge is 0.368 e. The first-order valence-electron chi connectivity index (χ1n) is 9.45. The molecule has 1 aromatic rings. The van der Waals surface area contributed by atoms with Crippen LogP contribution in [0.1, 0.15) is 30.4 Å². The van der Waals surface area contributed by atoms with Gasteiger partial charge in [-0.1, -0.05) is 12.1 Å². The smallest absolute Gasteiger partial charge is 0.223 e. The number of rotatable bonds is 5. The number of hydrogen-bond donors (Lipinski definition) is 0. The molecule has 1 amide bonds. The van der Waals surface area contributed by atoms with Crippen LogP contribution in [0.3, 0.4) is 0 Å². The Morgan fingerprint density at radius 3 is 2.31 bits per heavy atom. The van der Waals surface area contributed by atoms with Gasteiger partial charge in [0, 0.05) is 51.4 Å². The third kappa shape index (κ3) is 4.20. The second kappa shape index (κ2) is 7.96. The minimum Gasteiger partial charge on any atom is -0.368 e. The number of piperazine rings is 1. The average molecular weight is 380 g/mol. The molecule has 0 saturated carbocycles. The number of anilines is 1. The zero-order valence-electron chi connectivity index (χ0n) is 15.8. The Morgan fingerprint density at radius 2 is 1.65 bits per heavy atom. The quantitative estimate of drug-likeness (QED) is 0.782. The monoisotopic (exact) mass is 379 g/mol. The molecule has 3 rings (SSSR count). The minimum absolute atomic E-state index is 0.0478. The molecule has 2 heterocycles. The van der Waals surface area contributed by atoms with Crippen LogP contribution in [0.15, 0.2) is 18.2 Å². The van der Waals surface area contributed by atoms with Crippen LogP contribution in [-0.2, 0) is 14.8 Å². The molecule has 2 aliphatic rings. The van der Waals surface area contributed by atoms with Crippen LogP contribution in [0.25, 0.3) is 0 Å². The molecule has 144 valence electrons. The van der Waals surface area contributed by atoms with Gasteiger partial charge in [-0.25, -0.2) is 12.7 Å². The van der Waals surface area contributed by atoms with Crippen molar-refractivity contribution in [3.8, 4) is 0 Å². The molecule has 0 N–H and O–H groups in total. The third-order valence-corrected chi connectivity index (χ3v) is 7.45. The summed E-state index contributed by atoms with van der Waals surface area (Å²) in [6, 6.07) is 6.31. The van der Waals surface area contributed by atoms with Crippen LogP contribution >= 0.6 is 0 Å². The van der Waals surface area contributed by atoms with Gasteiger partial charge < -0.3 is 9.80 Å². The zero-order chi connectivity index (χ0) is 18.7. The summed E-state index contributed by atoms with van der Waals surface area (Å²) >= 11 is 0. The molecule has 0 spiro atoms. The van der Waals surface area contributed by atoms with Crippen LogP contribution < -0.4 is 4.90 Å². The molecule has 0 atom stereocenters. The lowest BCUT2D eigenvalue weighted by molar-refractivity contribution is -0.131. The standard InChI is InChI=1S/C19H29N3O3S/c1-16-6-5-7-18(17(16)2)20-11-13-21(14-12-20)19(23)8-15-26(24,25)22-9-3-4-10-22/h5-7H,3-4,8-15H2,1-2H3. The van der Waals surface area contributed by atoms with E-state index in [0.717, 1.165) is 25.9 Å². The maximum absolute atomic E-state index is 12.4. The van der Waals surface area contributed by atoms with Gasteiger partial charge in [-0.2, -0.15) is 0 Å². The predicted octanol–water partition coefficient (Wildman–Crippen LogP) is 1.77. The fraction of sp³-hybridized carbons (Fsp3) is 0.632. The molecule has 2 aliphatic heterocycles. The Hall–Kier alpha value is -1.60. The van der Waals surface area contributed by atoms with Gasteiger partial charge >= 0.3 is 0 Å². The lowest BCUT2D eigenvalue weighted by atomic mass is 10.1. The van der Waals surface area contributed by atoms with Crippen molar-refractivity contribution in [2.75, 3.05) is 49.9 Å². The van der Waals surface area contributed by atoms with Gasteiger partial charge in [-0.3, -0.25) is 4.79 Å². The number of carbonyl (C=O) groups is 1. The molecular weight excluding hydrogens is 350 g/mol. The van der Waals surface area contributed by atoms with E-state index in [0.29, 0.717) is 26.2 Å². The van der Waals surface area contributed by atoms with Gasteiger partial charge in [0.2, 0.25) is 15.9 Å². The first-order valence-corrected chi connectivity index (χ1v) is 11.1. The third-order valence-electron chi connectivity index (χ3n) is 5.58. The summed E-state index contributed by atoms with van der Waals surface area (Å²) in [5, 5.41) is 0. The summed E-state index contributed by atoms with van der Waals surface area (Å²) in [5.74, 6) is -0.114. The van der Waals surface area contributed by atoms with Crippen molar-refractivity contribution in [1.29, 1.82) is 0 Å². The molecule has 7 heteroatoms. The zero-order valence-corrected chi connectivity index (χ0v) is 16.6. The highest BCUT2D eigenvalue weighted by atomic mass is 32.2. The van der Waals surface area contributed by atoms with Crippen molar-refractivity contribution in [2.45, 2.75) is 33.1 Å². The first kappa shape index (κ1) is 19.2. The number of sulfonamides is 1. The number of aryl methyl sites for hydroxylation is 1. The Labute approximate surface area is 156 Å². The minimum atomic E-state index is -3.28. The fourth-order valence-electron chi connectivity index (χ4n) is 3.74. The van der Waals surface area contributed by atoms with Gasteiger partial charge in [0.05, 0.1) is 5.75 Å². The second-order valence-electron chi connectivity index (χ2n) is 7.26. The highest BCUT2D eigenvalue weighted by Gasteiger charge is 2.28. The number of hydrogen-bond acceptors (Lipinski definition) is 4. The topological polar surface area (TPSA) is 60.9 Å². The molecule has 26 heavy (non-hydrogen) atoms. The van der Waals surface area contributed by atoms with Crippen LogP contribution in [0, 0.1) is 13.8 Å². The SMILES string of the molecule is Cc1cccc(N2CCN(C(=O)CCS(=O)(=O)N3CCCC3)CC2)c1C. The number of benzene rings is 1. The lowest BCUT2D eigenvalue weighted by Gasteiger charge is -2.37. The summed E-state index contributed by atoms with van der Waals surface area (Å²) in [6.45, 7) is 8.32. The van der Waals surface area contributed by atoms with Gasteiger partial charge in [0.25, 0.3) is 0 Å². The van der Waals surface area contributed by atoms with Gasteiger partial charge in [-0.05, 0) is 43.9 Å². The van der Waals surface area contributed by atoms with Crippen LogP contribution in [0.5, 0.6) is 0 Å². The average Bonchev–Trinajstić information content (AvgIpc) is 3.18. The normalized spacial score (nSPS) is 19.2. The van der Waals surface area contributed by atoms with E-state index in [1.54, 1.807) is 4.90 Å². The molecule has 6 nitrogen and oxygen atoms in total. The highest BCUT2D eigenvalue weighted by Crippen LogP contribution is 2.24. The van der Waals surface area contributed by atoms with Gasteiger partial charge in [0.1, 0.15) is 0 Å². The predicted molar refractivity (Wildman–Crippen MR) is 104 cm³/mol. The number of nitrogens with zero attached hydrogens (tertiary/aromatic N) is 3. The van der Waals surface area contributed by atoms with Crippen LogP contribution in [0.4, 0.5) is 5.69 Å². The van der Waals surface area contributed by atoms with E-state index in [4.69, 9.17) is 0 Å². The molecule has 2 saturated heterocycles. The maximum Gasteiger partial charge on any atom is 0.223 e. The Morgan fingerprint density at radius 1 is 1.00 bits per heavy atom. The summed E-state index contributed by atoms with van der Waals surface area (Å²) in [7, 11) is -3.28. The summed E-state index contributed by atoms with van der Waals surface area (Å²) in [4.78, 5) is 16.6. The Balaban J connectivity index is 1.51. The van der Waals surface area contributed by atoms with E-state index >= 15 is 0 Å². The van der Waals surface area contributed by atoms with Crippen molar-refractivity contribution in [3.63, 3.8) is 0 Å². The molecular formula is C19H29N3O3S. The van der Waals surface area contributed by atoms with Crippen LogP contribution in [-0.4, -0.2) is 68.6 Å². The van der Waals surface area contributed by atoms with Crippen molar-refractivity contribution < 1.29 is 13.2 Å². The first-order chi connectivity index (χ1) is 12.4. The van der Waals surface area contributed by atoms with Crippen LogP contribution in [0.2, 0.25) is 0 Å². The Kier molecular flexibility index (Phi) is 5.87. The maximum atomic E-state index is 12.4. The van der Waals surface area contributed by atoms with Gasteiger partial charge in [-0.15, -0.1) is 0 Å². The molecule has 2 fully saturated rings. The summed E-state index contributed by atoms with van der Waals surface area (Å²) in [6.07, 6.45) is 1.93.